The summed E-state index contributed by atoms with van der Waals surface area (Å²) in [5.74, 6) is -0.935. The summed E-state index contributed by atoms with van der Waals surface area (Å²) in [5, 5.41) is 17.2. The van der Waals surface area contributed by atoms with E-state index in [-0.39, 0.29) is 12.3 Å². The van der Waals surface area contributed by atoms with Gasteiger partial charge in [-0.05, 0) is 56.3 Å². The number of carbonyl (C=O) groups is 1. The number of benzene rings is 2. The van der Waals surface area contributed by atoms with E-state index in [2.05, 4.69) is 12.1 Å². The molecule has 0 aliphatic heterocycles. The summed E-state index contributed by atoms with van der Waals surface area (Å²) >= 11 is 0. The topological polar surface area (TPSA) is 60.8 Å². The molecule has 4 nitrogen and oxygen atoms in total. The maximum Gasteiger partial charge on any atom is 0.416 e. The number of aromatic hydroxyl groups is 1. The molecule has 0 saturated carbocycles. The van der Waals surface area contributed by atoms with Crippen LogP contribution in [0, 0.1) is 0 Å². The fourth-order valence-corrected chi connectivity index (χ4v) is 2.16. The number of aliphatic carboxylic acids is 1. The molecule has 142 valence electrons. The summed E-state index contributed by atoms with van der Waals surface area (Å²) in [6.07, 6.45) is -2.33. The Morgan fingerprint density at radius 3 is 2.12 bits per heavy atom. The van der Waals surface area contributed by atoms with Gasteiger partial charge in [-0.3, -0.25) is 9.69 Å². The van der Waals surface area contributed by atoms with Gasteiger partial charge in [-0.2, -0.15) is 13.2 Å². The van der Waals surface area contributed by atoms with Crippen molar-refractivity contribution in [3.05, 3.63) is 65.7 Å². The lowest BCUT2D eigenvalue weighted by atomic mass is 10.1. The standard InChI is InChI=1S/C12H17NO2.C7H5F3O/c1-13(10-12(14)15)9-5-8-11-6-3-2-4-7-11;8-7(9,10)5-1-3-6(11)4-2-5/h2-4,6-7H,5,8-10H2,1H3,(H,14,15);1-4,11H. The SMILES string of the molecule is CN(CCCc1ccccc1)CC(=O)O.Oc1ccc(C(F)(F)F)cc1. The van der Waals surface area contributed by atoms with E-state index >= 15 is 0 Å². The second-order valence-corrected chi connectivity index (χ2v) is 5.77. The maximum atomic E-state index is 11.8. The number of carboxylic acids is 1. The van der Waals surface area contributed by atoms with Crippen molar-refractivity contribution in [2.45, 2.75) is 19.0 Å². The van der Waals surface area contributed by atoms with Crippen molar-refractivity contribution < 1.29 is 28.2 Å². The lowest BCUT2D eigenvalue weighted by Crippen LogP contribution is -2.26. The number of carboxylic acid groups (broad SMARTS) is 1. The highest BCUT2D eigenvalue weighted by molar-refractivity contribution is 5.68. The number of phenols is 1. The number of hydrogen-bond acceptors (Lipinski definition) is 3. The van der Waals surface area contributed by atoms with E-state index in [1.807, 2.05) is 30.1 Å². The lowest BCUT2D eigenvalue weighted by Gasteiger charge is -2.13. The first-order valence-corrected chi connectivity index (χ1v) is 7.99. The van der Waals surface area contributed by atoms with Crippen LogP contribution in [0.15, 0.2) is 54.6 Å². The van der Waals surface area contributed by atoms with Gasteiger partial charge < -0.3 is 10.2 Å². The molecule has 0 saturated heterocycles. The van der Waals surface area contributed by atoms with Gasteiger partial charge in [-0.1, -0.05) is 30.3 Å². The zero-order valence-electron chi connectivity index (χ0n) is 14.4. The maximum absolute atomic E-state index is 11.8. The van der Waals surface area contributed by atoms with E-state index in [0.29, 0.717) is 0 Å². The molecule has 0 fully saturated rings. The zero-order valence-corrected chi connectivity index (χ0v) is 14.4. The minimum absolute atomic E-state index is 0.120. The Morgan fingerprint density at radius 2 is 1.62 bits per heavy atom. The van der Waals surface area contributed by atoms with Gasteiger partial charge in [0.1, 0.15) is 5.75 Å². The minimum Gasteiger partial charge on any atom is -0.508 e. The number of halogens is 3. The largest absolute Gasteiger partial charge is 0.508 e. The Kier molecular flexibility index (Phi) is 8.64. The second kappa shape index (κ2) is 10.5. The predicted octanol–water partition coefficient (Wildman–Crippen LogP) is 4.05. The number of alkyl halides is 3. The van der Waals surface area contributed by atoms with Crippen LogP contribution in [0.25, 0.3) is 0 Å². The molecule has 0 atom stereocenters. The van der Waals surface area contributed by atoms with Crippen molar-refractivity contribution >= 4 is 5.97 Å². The number of aryl methyl sites for hydroxylation is 1. The van der Waals surface area contributed by atoms with Crippen LogP contribution in [0.2, 0.25) is 0 Å². The minimum atomic E-state index is -4.33. The number of nitrogens with zero attached hydrogens (tertiary/aromatic N) is 1. The first kappa shape index (κ1) is 21.5. The molecule has 2 aromatic carbocycles. The first-order chi connectivity index (χ1) is 12.2. The molecule has 2 N–H and O–H groups in total. The third-order valence-electron chi connectivity index (χ3n) is 3.45. The molecule has 2 rings (SSSR count). The zero-order chi connectivity index (χ0) is 19.6. The van der Waals surface area contributed by atoms with Crippen LogP contribution in [0.5, 0.6) is 5.75 Å². The smallest absolute Gasteiger partial charge is 0.416 e. The second-order valence-electron chi connectivity index (χ2n) is 5.77. The molecule has 0 aliphatic carbocycles. The van der Waals surface area contributed by atoms with Crippen molar-refractivity contribution in [2.75, 3.05) is 20.1 Å². The summed E-state index contributed by atoms with van der Waals surface area (Å²) in [4.78, 5) is 12.2. The highest BCUT2D eigenvalue weighted by Gasteiger charge is 2.29. The molecule has 0 aliphatic rings. The molecule has 0 bridgehead atoms. The van der Waals surface area contributed by atoms with E-state index in [0.717, 1.165) is 43.7 Å². The summed E-state index contributed by atoms with van der Waals surface area (Å²) in [6, 6.07) is 13.9. The van der Waals surface area contributed by atoms with Gasteiger partial charge in [0.2, 0.25) is 0 Å². The average Bonchev–Trinajstić information content (AvgIpc) is 2.55. The lowest BCUT2D eigenvalue weighted by molar-refractivity contribution is -0.138. The van der Waals surface area contributed by atoms with Crippen LogP contribution in [-0.2, 0) is 17.4 Å². The molecule has 0 radical (unpaired) electrons. The van der Waals surface area contributed by atoms with Crippen molar-refractivity contribution in [2.24, 2.45) is 0 Å². The van der Waals surface area contributed by atoms with Gasteiger partial charge in [0.25, 0.3) is 0 Å². The van der Waals surface area contributed by atoms with Crippen LogP contribution in [0.3, 0.4) is 0 Å². The Bertz CT molecular complexity index is 658. The van der Waals surface area contributed by atoms with Crippen molar-refractivity contribution in [3.8, 4) is 5.75 Å². The molecule has 0 heterocycles. The van der Waals surface area contributed by atoms with E-state index in [9.17, 15) is 18.0 Å². The average molecular weight is 369 g/mol. The highest BCUT2D eigenvalue weighted by atomic mass is 19.4. The Balaban J connectivity index is 0.000000273. The molecular formula is C19H22F3NO3. The Labute approximate surface area is 150 Å². The summed E-state index contributed by atoms with van der Waals surface area (Å²) < 4.78 is 35.5. The van der Waals surface area contributed by atoms with E-state index in [1.165, 1.54) is 5.56 Å². The van der Waals surface area contributed by atoms with Crippen molar-refractivity contribution in [3.63, 3.8) is 0 Å². The predicted molar refractivity (Wildman–Crippen MR) is 93.0 cm³/mol. The molecule has 0 amide bonds. The van der Waals surface area contributed by atoms with Gasteiger partial charge in [0.05, 0.1) is 12.1 Å². The number of rotatable bonds is 6. The first-order valence-electron chi connectivity index (χ1n) is 7.99. The molecular weight excluding hydrogens is 347 g/mol. The number of likely N-dealkylation sites (N-methyl/N-ethyl adjacent to an activating group) is 1. The van der Waals surface area contributed by atoms with Crippen molar-refractivity contribution in [1.82, 2.24) is 4.90 Å². The fourth-order valence-electron chi connectivity index (χ4n) is 2.16. The van der Waals surface area contributed by atoms with Crippen LogP contribution < -0.4 is 0 Å². The molecule has 0 unspecified atom stereocenters. The Morgan fingerprint density at radius 1 is 1.04 bits per heavy atom. The Hall–Kier alpha value is -2.54. The molecule has 0 aromatic heterocycles. The van der Waals surface area contributed by atoms with Gasteiger partial charge in [0, 0.05) is 0 Å². The van der Waals surface area contributed by atoms with E-state index in [4.69, 9.17) is 10.2 Å². The third kappa shape index (κ3) is 9.08. The summed E-state index contributed by atoms with van der Waals surface area (Å²) in [7, 11) is 1.83. The molecule has 26 heavy (non-hydrogen) atoms. The van der Waals surface area contributed by atoms with Gasteiger partial charge in [0.15, 0.2) is 0 Å². The normalized spacial score (nSPS) is 11.0. The third-order valence-corrected chi connectivity index (χ3v) is 3.45. The molecule has 7 heteroatoms. The fraction of sp³-hybridized carbons (Fsp3) is 0.316. The monoisotopic (exact) mass is 369 g/mol. The van der Waals surface area contributed by atoms with Crippen LogP contribution >= 0.6 is 0 Å². The van der Waals surface area contributed by atoms with E-state index < -0.39 is 17.7 Å². The number of hydrogen-bond donors (Lipinski definition) is 2. The van der Waals surface area contributed by atoms with Gasteiger partial charge >= 0.3 is 12.1 Å². The van der Waals surface area contributed by atoms with Crippen molar-refractivity contribution in [1.29, 1.82) is 0 Å². The van der Waals surface area contributed by atoms with Crippen LogP contribution in [-0.4, -0.2) is 41.2 Å². The van der Waals surface area contributed by atoms with E-state index in [1.54, 1.807) is 0 Å². The molecule has 2 aromatic rings. The quantitative estimate of drug-likeness (QED) is 0.807. The van der Waals surface area contributed by atoms with Crippen LogP contribution in [0.1, 0.15) is 17.5 Å². The summed E-state index contributed by atoms with van der Waals surface area (Å²) in [6.45, 7) is 0.940. The number of phenolic OH excluding ortho intramolecular Hbond substituents is 1. The van der Waals surface area contributed by atoms with Crippen LogP contribution in [0.4, 0.5) is 13.2 Å². The highest BCUT2D eigenvalue weighted by Crippen LogP contribution is 2.29. The summed E-state index contributed by atoms with van der Waals surface area (Å²) in [5.41, 5.74) is 0.552. The van der Waals surface area contributed by atoms with Gasteiger partial charge in [-0.25, -0.2) is 0 Å². The molecule has 0 spiro atoms. The van der Waals surface area contributed by atoms with Gasteiger partial charge in [-0.15, -0.1) is 0 Å².